The summed E-state index contributed by atoms with van der Waals surface area (Å²) < 4.78 is 28.5. The van der Waals surface area contributed by atoms with E-state index in [1.165, 1.54) is 41.3 Å². The molecule has 0 aliphatic carbocycles. The third-order valence-electron chi connectivity index (χ3n) is 6.31. The number of anilines is 1. The van der Waals surface area contributed by atoms with E-state index >= 15 is 0 Å². The molecule has 214 valence electrons. The Kier molecular flexibility index (Phi) is 11.1. The minimum atomic E-state index is -4.26. The molecule has 12 heteroatoms. The third kappa shape index (κ3) is 7.83. The maximum Gasteiger partial charge on any atom is 0.264 e. The van der Waals surface area contributed by atoms with E-state index in [0.29, 0.717) is 27.1 Å². The number of benzene rings is 3. The topological polar surface area (TPSA) is 86.8 Å². The Morgan fingerprint density at radius 3 is 2.05 bits per heavy atom. The van der Waals surface area contributed by atoms with Gasteiger partial charge < -0.3 is 10.2 Å². The van der Waals surface area contributed by atoms with E-state index in [4.69, 9.17) is 46.4 Å². The second kappa shape index (κ2) is 13.9. The van der Waals surface area contributed by atoms with Gasteiger partial charge in [-0.05, 0) is 68.3 Å². The Morgan fingerprint density at radius 2 is 1.48 bits per heavy atom. The van der Waals surface area contributed by atoms with Crippen molar-refractivity contribution < 1.29 is 18.0 Å². The van der Waals surface area contributed by atoms with Crippen molar-refractivity contribution in [3.05, 3.63) is 92.4 Å². The number of sulfonamides is 1. The predicted octanol–water partition coefficient (Wildman–Crippen LogP) is 6.83. The van der Waals surface area contributed by atoms with Crippen LogP contribution in [0.4, 0.5) is 5.69 Å². The van der Waals surface area contributed by atoms with Gasteiger partial charge in [-0.15, -0.1) is 0 Å². The molecule has 0 radical (unpaired) electrons. The van der Waals surface area contributed by atoms with Crippen LogP contribution >= 0.6 is 46.4 Å². The summed E-state index contributed by atoms with van der Waals surface area (Å²) in [6.45, 7) is 4.63. The molecular weight excluding hydrogens is 616 g/mol. The number of hydrogen-bond donors (Lipinski definition) is 1. The van der Waals surface area contributed by atoms with E-state index in [1.54, 1.807) is 37.3 Å². The summed E-state index contributed by atoms with van der Waals surface area (Å²) in [4.78, 5) is 28.3. The molecule has 0 aliphatic heterocycles. The lowest BCUT2D eigenvalue weighted by molar-refractivity contribution is -0.139. The van der Waals surface area contributed by atoms with Crippen LogP contribution < -0.4 is 9.62 Å². The number of nitrogens with one attached hydrogen (secondary N) is 1. The van der Waals surface area contributed by atoms with E-state index in [9.17, 15) is 18.0 Å². The molecule has 2 amide bonds. The molecule has 2 atom stereocenters. The largest absolute Gasteiger partial charge is 0.352 e. The fourth-order valence-electron chi connectivity index (χ4n) is 3.80. The molecule has 0 fully saturated rings. The molecule has 0 saturated heterocycles. The summed E-state index contributed by atoms with van der Waals surface area (Å²) >= 11 is 24.9. The van der Waals surface area contributed by atoms with Crippen LogP contribution in [-0.4, -0.2) is 43.8 Å². The highest BCUT2D eigenvalue weighted by atomic mass is 35.5. The second-order valence-electron chi connectivity index (χ2n) is 9.17. The highest BCUT2D eigenvalue weighted by molar-refractivity contribution is 7.92. The SMILES string of the molecule is CC[C@@H](C)NC(=O)[C@@H](C)N(Cc1ccc(Cl)cc1Cl)C(=O)CN(c1ccc(Cl)cc1Cl)S(=O)(=O)c1ccccc1. The lowest BCUT2D eigenvalue weighted by atomic mass is 10.1. The lowest BCUT2D eigenvalue weighted by Crippen LogP contribution is -2.52. The molecule has 0 aliphatic rings. The first-order valence-electron chi connectivity index (χ1n) is 12.4. The molecule has 0 heterocycles. The Morgan fingerprint density at radius 1 is 0.875 bits per heavy atom. The lowest BCUT2D eigenvalue weighted by Gasteiger charge is -2.33. The molecule has 0 aromatic heterocycles. The van der Waals surface area contributed by atoms with E-state index in [1.807, 2.05) is 13.8 Å². The molecule has 0 bridgehead atoms. The van der Waals surface area contributed by atoms with Gasteiger partial charge in [-0.2, -0.15) is 0 Å². The van der Waals surface area contributed by atoms with Gasteiger partial charge in [0.2, 0.25) is 11.8 Å². The van der Waals surface area contributed by atoms with Crippen LogP contribution in [0.3, 0.4) is 0 Å². The summed E-state index contributed by atoms with van der Waals surface area (Å²) in [7, 11) is -4.26. The maximum absolute atomic E-state index is 14.0. The van der Waals surface area contributed by atoms with Gasteiger partial charge in [-0.3, -0.25) is 13.9 Å². The molecule has 40 heavy (non-hydrogen) atoms. The number of nitrogens with zero attached hydrogens (tertiary/aromatic N) is 2. The summed E-state index contributed by atoms with van der Waals surface area (Å²) in [6.07, 6.45) is 0.688. The minimum Gasteiger partial charge on any atom is -0.352 e. The Balaban J connectivity index is 2.07. The number of carbonyl (C=O) groups excluding carboxylic acids is 2. The van der Waals surface area contributed by atoms with Crippen molar-refractivity contribution in [2.24, 2.45) is 0 Å². The van der Waals surface area contributed by atoms with Crippen molar-refractivity contribution in [2.45, 2.75) is 50.7 Å². The van der Waals surface area contributed by atoms with Crippen LogP contribution in [0.25, 0.3) is 0 Å². The minimum absolute atomic E-state index is 0.0367. The maximum atomic E-state index is 14.0. The Labute approximate surface area is 255 Å². The van der Waals surface area contributed by atoms with Gasteiger partial charge in [0, 0.05) is 27.7 Å². The van der Waals surface area contributed by atoms with Gasteiger partial charge in [0.1, 0.15) is 12.6 Å². The average Bonchev–Trinajstić information content (AvgIpc) is 2.91. The van der Waals surface area contributed by atoms with Crippen molar-refractivity contribution in [1.29, 1.82) is 0 Å². The zero-order valence-electron chi connectivity index (χ0n) is 22.1. The Bertz CT molecular complexity index is 1470. The first kappa shape index (κ1) is 32.0. The van der Waals surface area contributed by atoms with Crippen LogP contribution in [0.5, 0.6) is 0 Å². The number of hydrogen-bond acceptors (Lipinski definition) is 4. The van der Waals surface area contributed by atoms with E-state index in [0.717, 1.165) is 4.31 Å². The summed E-state index contributed by atoms with van der Waals surface area (Å²) in [6, 6.07) is 15.7. The van der Waals surface area contributed by atoms with Crippen LogP contribution in [0, 0.1) is 0 Å². The van der Waals surface area contributed by atoms with Crippen molar-refractivity contribution in [2.75, 3.05) is 10.8 Å². The first-order valence-corrected chi connectivity index (χ1v) is 15.4. The highest BCUT2D eigenvalue weighted by Crippen LogP contribution is 2.33. The van der Waals surface area contributed by atoms with Crippen molar-refractivity contribution in [1.82, 2.24) is 10.2 Å². The number of rotatable bonds is 11. The fourth-order valence-corrected chi connectivity index (χ4v) is 6.28. The van der Waals surface area contributed by atoms with E-state index in [2.05, 4.69) is 5.32 Å². The number of amides is 2. The van der Waals surface area contributed by atoms with Crippen LogP contribution in [-0.2, 0) is 26.2 Å². The number of halogens is 4. The van der Waals surface area contributed by atoms with Crippen molar-refractivity contribution in [3.63, 3.8) is 0 Å². The van der Waals surface area contributed by atoms with Gasteiger partial charge in [0.25, 0.3) is 10.0 Å². The van der Waals surface area contributed by atoms with Crippen molar-refractivity contribution in [3.8, 4) is 0 Å². The highest BCUT2D eigenvalue weighted by Gasteiger charge is 2.33. The van der Waals surface area contributed by atoms with Gasteiger partial charge >= 0.3 is 0 Å². The van der Waals surface area contributed by atoms with Gasteiger partial charge in [0.05, 0.1) is 15.6 Å². The second-order valence-corrected chi connectivity index (χ2v) is 12.7. The standard InChI is InChI=1S/C28H29Cl4N3O4S/c1-4-18(2)33-28(37)19(3)34(16-20-10-11-21(29)14-24(20)31)27(36)17-35(26-13-12-22(30)15-25(26)32)40(38,39)23-8-6-5-7-9-23/h5-15,18-19H,4,16-17H2,1-3H3,(H,33,37)/t18-,19-/m1/s1. The number of carbonyl (C=O) groups is 2. The molecule has 0 saturated carbocycles. The van der Waals surface area contributed by atoms with Crippen molar-refractivity contribution >= 4 is 73.9 Å². The predicted molar refractivity (Wildman–Crippen MR) is 162 cm³/mol. The third-order valence-corrected chi connectivity index (χ3v) is 9.21. The van der Waals surface area contributed by atoms with Gasteiger partial charge in [0.15, 0.2) is 0 Å². The normalized spacial score (nSPS) is 12.9. The first-order chi connectivity index (χ1) is 18.8. The molecule has 3 rings (SSSR count). The van der Waals surface area contributed by atoms with Crippen LogP contribution in [0.2, 0.25) is 20.1 Å². The van der Waals surface area contributed by atoms with Crippen LogP contribution in [0.1, 0.15) is 32.8 Å². The zero-order valence-corrected chi connectivity index (χ0v) is 25.9. The molecule has 3 aromatic rings. The molecule has 3 aromatic carbocycles. The molecule has 0 unspecified atom stereocenters. The Hall–Kier alpha value is -2.49. The smallest absolute Gasteiger partial charge is 0.264 e. The monoisotopic (exact) mass is 643 g/mol. The van der Waals surface area contributed by atoms with E-state index < -0.39 is 34.4 Å². The molecule has 0 spiro atoms. The van der Waals surface area contributed by atoms with Gasteiger partial charge in [-0.25, -0.2) is 8.42 Å². The summed E-state index contributed by atoms with van der Waals surface area (Å²) in [5.41, 5.74) is 0.592. The summed E-state index contributed by atoms with van der Waals surface area (Å²) in [5.74, 6) is -1.04. The molecule has 7 nitrogen and oxygen atoms in total. The van der Waals surface area contributed by atoms with Crippen LogP contribution in [0.15, 0.2) is 71.6 Å². The van der Waals surface area contributed by atoms with Gasteiger partial charge in [-0.1, -0.05) is 77.6 Å². The van der Waals surface area contributed by atoms with E-state index in [-0.39, 0.29) is 28.2 Å². The molecular formula is C28H29Cl4N3O4S. The average molecular weight is 645 g/mol. The quantitative estimate of drug-likeness (QED) is 0.248. The molecule has 1 N–H and O–H groups in total. The zero-order chi connectivity index (χ0) is 29.6. The summed E-state index contributed by atoms with van der Waals surface area (Å²) in [5, 5.41) is 3.92. The fraction of sp³-hybridized carbons (Fsp3) is 0.286.